The molecule has 2 aromatic rings. The maximum Gasteiger partial charge on any atom is 0.168 e. The van der Waals surface area contributed by atoms with E-state index in [2.05, 4.69) is 4.98 Å². The van der Waals surface area contributed by atoms with Gasteiger partial charge in [0.25, 0.3) is 0 Å². The molecule has 15 heavy (non-hydrogen) atoms. The predicted octanol–water partition coefficient (Wildman–Crippen LogP) is 3.21. The molecule has 0 N–H and O–H groups in total. The van der Waals surface area contributed by atoms with Crippen LogP contribution in [0.2, 0.25) is 5.02 Å². The van der Waals surface area contributed by atoms with E-state index in [1.54, 1.807) is 12.1 Å². The molecular weight excluding hydrogens is 210 g/mol. The molecule has 3 heteroatoms. The van der Waals surface area contributed by atoms with Gasteiger partial charge in [0, 0.05) is 5.56 Å². The molecule has 0 saturated heterocycles. The van der Waals surface area contributed by atoms with E-state index in [0.717, 1.165) is 5.56 Å². The Morgan fingerprint density at radius 2 is 1.80 bits per heavy atom. The van der Waals surface area contributed by atoms with Crippen molar-refractivity contribution in [2.45, 2.75) is 0 Å². The molecule has 0 aliphatic heterocycles. The summed E-state index contributed by atoms with van der Waals surface area (Å²) in [4.78, 5) is 14.8. The third-order valence-electron chi connectivity index (χ3n) is 2.04. The first-order valence-electron chi connectivity index (χ1n) is 4.48. The van der Waals surface area contributed by atoms with Gasteiger partial charge in [-0.3, -0.25) is 4.79 Å². The Hall–Kier alpha value is -1.67. The summed E-state index contributed by atoms with van der Waals surface area (Å²) in [6.45, 7) is 0. The second-order valence-electron chi connectivity index (χ2n) is 3.05. The number of rotatable bonds is 2. The Balaban J connectivity index is 2.57. The van der Waals surface area contributed by atoms with Crippen LogP contribution in [0.3, 0.4) is 0 Å². The number of nitrogens with zero attached hydrogens (tertiary/aromatic N) is 1. The standard InChI is InChI=1S/C12H8ClNO/c13-11-7-6-10(8-15)14-12(11)9-4-2-1-3-5-9/h1-8H. The first-order valence-corrected chi connectivity index (χ1v) is 4.86. The van der Waals surface area contributed by atoms with Crippen LogP contribution in [-0.2, 0) is 0 Å². The van der Waals surface area contributed by atoms with Crippen LogP contribution < -0.4 is 0 Å². The van der Waals surface area contributed by atoms with Crippen LogP contribution >= 0.6 is 11.6 Å². The molecule has 0 radical (unpaired) electrons. The highest BCUT2D eigenvalue weighted by atomic mass is 35.5. The molecule has 0 amide bonds. The predicted molar refractivity (Wildman–Crippen MR) is 60.1 cm³/mol. The minimum atomic E-state index is 0.387. The SMILES string of the molecule is O=Cc1ccc(Cl)c(-c2ccccc2)n1. The van der Waals surface area contributed by atoms with E-state index in [0.29, 0.717) is 22.7 Å². The van der Waals surface area contributed by atoms with Gasteiger partial charge in [-0.25, -0.2) is 4.98 Å². The van der Waals surface area contributed by atoms with Crippen molar-refractivity contribution in [2.75, 3.05) is 0 Å². The van der Waals surface area contributed by atoms with Gasteiger partial charge in [0.05, 0.1) is 10.7 Å². The molecule has 1 heterocycles. The summed E-state index contributed by atoms with van der Waals surface area (Å²) in [5.41, 5.74) is 1.94. The number of carbonyl (C=O) groups is 1. The van der Waals surface area contributed by atoms with E-state index in [1.165, 1.54) is 0 Å². The second kappa shape index (κ2) is 4.24. The summed E-state index contributed by atoms with van der Waals surface area (Å²) in [5.74, 6) is 0. The largest absolute Gasteiger partial charge is 0.296 e. The van der Waals surface area contributed by atoms with Crippen molar-refractivity contribution in [3.63, 3.8) is 0 Å². The van der Waals surface area contributed by atoms with Crippen LogP contribution in [0.5, 0.6) is 0 Å². The van der Waals surface area contributed by atoms with Gasteiger partial charge in [0.2, 0.25) is 0 Å². The summed E-state index contributed by atoms with van der Waals surface area (Å²) in [6, 6.07) is 12.8. The van der Waals surface area contributed by atoms with Crippen molar-refractivity contribution in [1.82, 2.24) is 4.98 Å². The van der Waals surface area contributed by atoms with E-state index in [1.807, 2.05) is 30.3 Å². The smallest absolute Gasteiger partial charge is 0.168 e. The molecule has 2 rings (SSSR count). The van der Waals surface area contributed by atoms with Crippen LogP contribution in [0.15, 0.2) is 42.5 Å². The Morgan fingerprint density at radius 3 is 2.47 bits per heavy atom. The van der Waals surface area contributed by atoms with Gasteiger partial charge in [-0.05, 0) is 12.1 Å². The number of aldehydes is 1. The fourth-order valence-corrected chi connectivity index (χ4v) is 1.54. The van der Waals surface area contributed by atoms with Gasteiger partial charge < -0.3 is 0 Å². The van der Waals surface area contributed by atoms with Gasteiger partial charge >= 0.3 is 0 Å². The number of benzene rings is 1. The summed E-state index contributed by atoms with van der Waals surface area (Å²) in [6.07, 6.45) is 0.711. The molecule has 0 spiro atoms. The molecule has 0 atom stereocenters. The molecule has 0 fully saturated rings. The second-order valence-corrected chi connectivity index (χ2v) is 3.46. The van der Waals surface area contributed by atoms with Crippen molar-refractivity contribution < 1.29 is 4.79 Å². The van der Waals surface area contributed by atoms with E-state index in [-0.39, 0.29) is 0 Å². The fourth-order valence-electron chi connectivity index (χ4n) is 1.32. The zero-order valence-corrected chi connectivity index (χ0v) is 8.61. The van der Waals surface area contributed by atoms with E-state index in [4.69, 9.17) is 11.6 Å². The lowest BCUT2D eigenvalue weighted by Gasteiger charge is -2.03. The van der Waals surface area contributed by atoms with Crippen molar-refractivity contribution in [1.29, 1.82) is 0 Å². The lowest BCUT2D eigenvalue weighted by Crippen LogP contribution is -1.90. The summed E-state index contributed by atoms with van der Waals surface area (Å²) >= 11 is 6.01. The van der Waals surface area contributed by atoms with Crippen LogP contribution in [0.4, 0.5) is 0 Å². The molecule has 2 nitrogen and oxygen atoms in total. The number of pyridine rings is 1. The van der Waals surface area contributed by atoms with Gasteiger partial charge in [0.15, 0.2) is 6.29 Å². The molecule has 0 saturated carbocycles. The lowest BCUT2D eigenvalue weighted by molar-refractivity contribution is 0.111. The zero-order valence-electron chi connectivity index (χ0n) is 7.85. The Bertz CT molecular complexity index is 482. The number of carbonyl (C=O) groups excluding carboxylic acids is 1. The minimum absolute atomic E-state index is 0.387. The monoisotopic (exact) mass is 217 g/mol. The first-order chi connectivity index (χ1) is 7.31. The first kappa shape index (κ1) is 9.87. The molecule has 0 bridgehead atoms. The minimum Gasteiger partial charge on any atom is -0.296 e. The highest BCUT2D eigenvalue weighted by Gasteiger charge is 2.05. The average molecular weight is 218 g/mol. The Kier molecular flexibility index (Phi) is 2.79. The molecule has 74 valence electrons. The van der Waals surface area contributed by atoms with E-state index < -0.39 is 0 Å². The summed E-state index contributed by atoms with van der Waals surface area (Å²) in [7, 11) is 0. The molecule has 0 unspecified atom stereocenters. The molecule has 0 aliphatic carbocycles. The number of hydrogen-bond acceptors (Lipinski definition) is 2. The van der Waals surface area contributed by atoms with E-state index in [9.17, 15) is 4.79 Å². The highest BCUT2D eigenvalue weighted by molar-refractivity contribution is 6.33. The molecular formula is C12H8ClNO. The number of hydrogen-bond donors (Lipinski definition) is 0. The lowest BCUT2D eigenvalue weighted by atomic mass is 10.1. The van der Waals surface area contributed by atoms with Crippen LogP contribution in [-0.4, -0.2) is 11.3 Å². The van der Waals surface area contributed by atoms with Crippen LogP contribution in [0, 0.1) is 0 Å². The molecule has 0 aliphatic rings. The van der Waals surface area contributed by atoms with Gasteiger partial charge in [-0.15, -0.1) is 0 Å². The van der Waals surface area contributed by atoms with Crippen molar-refractivity contribution >= 4 is 17.9 Å². The molecule has 1 aromatic carbocycles. The quantitative estimate of drug-likeness (QED) is 0.723. The number of halogens is 1. The van der Waals surface area contributed by atoms with Gasteiger partial charge in [-0.2, -0.15) is 0 Å². The van der Waals surface area contributed by atoms with Crippen molar-refractivity contribution in [3.05, 3.63) is 53.2 Å². The van der Waals surface area contributed by atoms with Gasteiger partial charge in [0.1, 0.15) is 5.69 Å². The average Bonchev–Trinajstić information content (AvgIpc) is 2.31. The van der Waals surface area contributed by atoms with Gasteiger partial charge in [-0.1, -0.05) is 41.9 Å². The normalized spacial score (nSPS) is 9.93. The summed E-state index contributed by atoms with van der Waals surface area (Å²) in [5, 5.41) is 0.548. The number of aromatic nitrogens is 1. The molecule has 1 aromatic heterocycles. The summed E-state index contributed by atoms with van der Waals surface area (Å²) < 4.78 is 0. The van der Waals surface area contributed by atoms with Crippen LogP contribution in [0.25, 0.3) is 11.3 Å². The maximum absolute atomic E-state index is 10.6. The Labute approximate surface area is 92.5 Å². The third kappa shape index (κ3) is 2.05. The fraction of sp³-hybridized carbons (Fsp3) is 0. The third-order valence-corrected chi connectivity index (χ3v) is 2.34. The zero-order chi connectivity index (χ0) is 10.7. The topological polar surface area (TPSA) is 30.0 Å². The Morgan fingerprint density at radius 1 is 1.07 bits per heavy atom. The van der Waals surface area contributed by atoms with Crippen molar-refractivity contribution in [3.8, 4) is 11.3 Å². The maximum atomic E-state index is 10.6. The van der Waals surface area contributed by atoms with Crippen LogP contribution in [0.1, 0.15) is 10.5 Å². The van der Waals surface area contributed by atoms with Crippen molar-refractivity contribution in [2.24, 2.45) is 0 Å². The highest BCUT2D eigenvalue weighted by Crippen LogP contribution is 2.25. The van der Waals surface area contributed by atoms with E-state index >= 15 is 0 Å².